The molecule has 1 aliphatic rings. The first kappa shape index (κ1) is 17.0. The standard InChI is InChI=1S/C17H34O2/c1-3-5-6-7-8-9-10-11-12-13-14-18-15-17(4-2)16-19-17/h3-16H2,1-2H3. The second-order valence-corrected chi connectivity index (χ2v) is 6.06. The summed E-state index contributed by atoms with van der Waals surface area (Å²) in [6.07, 6.45) is 14.9. The van der Waals surface area contributed by atoms with E-state index in [4.69, 9.17) is 9.47 Å². The molecule has 1 aliphatic heterocycles. The Labute approximate surface area is 120 Å². The highest BCUT2D eigenvalue weighted by molar-refractivity contribution is 4.90. The van der Waals surface area contributed by atoms with Gasteiger partial charge in [0.1, 0.15) is 5.60 Å². The van der Waals surface area contributed by atoms with Crippen molar-refractivity contribution in [2.75, 3.05) is 19.8 Å². The van der Waals surface area contributed by atoms with Crippen LogP contribution in [0.3, 0.4) is 0 Å². The van der Waals surface area contributed by atoms with E-state index in [-0.39, 0.29) is 5.60 Å². The zero-order valence-corrected chi connectivity index (χ0v) is 13.2. The Morgan fingerprint density at radius 2 is 1.37 bits per heavy atom. The van der Waals surface area contributed by atoms with Crippen LogP contribution >= 0.6 is 0 Å². The molecule has 0 aromatic carbocycles. The van der Waals surface area contributed by atoms with Gasteiger partial charge in [-0.25, -0.2) is 0 Å². The third kappa shape index (κ3) is 8.65. The van der Waals surface area contributed by atoms with Gasteiger partial charge in [0.15, 0.2) is 0 Å². The molecule has 114 valence electrons. The lowest BCUT2D eigenvalue weighted by Gasteiger charge is -2.09. The van der Waals surface area contributed by atoms with Crippen molar-refractivity contribution in [2.45, 2.75) is 90.1 Å². The molecule has 1 rings (SSSR count). The van der Waals surface area contributed by atoms with E-state index in [0.717, 1.165) is 26.2 Å². The molecule has 1 unspecified atom stereocenters. The van der Waals surface area contributed by atoms with Crippen molar-refractivity contribution in [3.63, 3.8) is 0 Å². The SMILES string of the molecule is CCCCCCCCCCCCOCC1(CC)CO1. The van der Waals surface area contributed by atoms with Crippen LogP contribution < -0.4 is 0 Å². The highest BCUT2D eigenvalue weighted by Crippen LogP contribution is 2.30. The van der Waals surface area contributed by atoms with Gasteiger partial charge in [0, 0.05) is 6.61 Å². The molecule has 0 aliphatic carbocycles. The monoisotopic (exact) mass is 270 g/mol. The van der Waals surface area contributed by atoms with Crippen molar-refractivity contribution in [3.05, 3.63) is 0 Å². The molecule has 0 N–H and O–H groups in total. The smallest absolute Gasteiger partial charge is 0.115 e. The maximum Gasteiger partial charge on any atom is 0.115 e. The predicted molar refractivity (Wildman–Crippen MR) is 81.6 cm³/mol. The summed E-state index contributed by atoms with van der Waals surface area (Å²) in [6, 6.07) is 0. The maximum atomic E-state index is 5.70. The summed E-state index contributed by atoms with van der Waals surface area (Å²) in [5.41, 5.74) is 0.110. The van der Waals surface area contributed by atoms with E-state index in [1.165, 1.54) is 64.2 Å². The van der Waals surface area contributed by atoms with Gasteiger partial charge in [-0.05, 0) is 12.8 Å². The molecule has 0 bridgehead atoms. The molecule has 19 heavy (non-hydrogen) atoms. The maximum absolute atomic E-state index is 5.70. The highest BCUT2D eigenvalue weighted by Gasteiger charge is 2.42. The van der Waals surface area contributed by atoms with E-state index in [2.05, 4.69) is 13.8 Å². The third-order valence-electron chi connectivity index (χ3n) is 4.20. The van der Waals surface area contributed by atoms with E-state index < -0.39 is 0 Å². The van der Waals surface area contributed by atoms with E-state index >= 15 is 0 Å². The van der Waals surface area contributed by atoms with E-state index in [0.29, 0.717) is 0 Å². The van der Waals surface area contributed by atoms with Crippen molar-refractivity contribution in [1.82, 2.24) is 0 Å². The molecule has 1 saturated heterocycles. The van der Waals surface area contributed by atoms with Crippen molar-refractivity contribution >= 4 is 0 Å². The average Bonchev–Trinajstić information content (AvgIpc) is 3.21. The fourth-order valence-electron chi connectivity index (χ4n) is 2.44. The summed E-state index contributed by atoms with van der Waals surface area (Å²) in [7, 11) is 0. The molecule has 2 nitrogen and oxygen atoms in total. The number of rotatable bonds is 14. The average molecular weight is 270 g/mol. The third-order valence-corrected chi connectivity index (χ3v) is 4.20. The summed E-state index contributed by atoms with van der Waals surface area (Å²) in [6.45, 7) is 7.08. The minimum atomic E-state index is 0.110. The van der Waals surface area contributed by atoms with Gasteiger partial charge in [-0.2, -0.15) is 0 Å². The topological polar surface area (TPSA) is 21.8 Å². The Kier molecular flexibility index (Phi) is 9.54. The van der Waals surface area contributed by atoms with Gasteiger partial charge in [0.05, 0.1) is 13.2 Å². The summed E-state index contributed by atoms with van der Waals surface area (Å²) in [4.78, 5) is 0. The Bertz CT molecular complexity index is 199. The fraction of sp³-hybridized carbons (Fsp3) is 1.00. The molecule has 1 atom stereocenters. The van der Waals surface area contributed by atoms with Crippen LogP contribution in [0.15, 0.2) is 0 Å². The predicted octanol–water partition coefficient (Wildman–Crippen LogP) is 5.10. The first-order valence-corrected chi connectivity index (χ1v) is 8.55. The zero-order valence-electron chi connectivity index (χ0n) is 13.2. The highest BCUT2D eigenvalue weighted by atomic mass is 16.6. The first-order valence-electron chi connectivity index (χ1n) is 8.55. The Balaban J connectivity index is 1.70. The quantitative estimate of drug-likeness (QED) is 0.323. The van der Waals surface area contributed by atoms with Crippen LogP contribution in [0.4, 0.5) is 0 Å². The van der Waals surface area contributed by atoms with Gasteiger partial charge in [0.2, 0.25) is 0 Å². The van der Waals surface area contributed by atoms with E-state index in [1.807, 2.05) is 0 Å². The van der Waals surface area contributed by atoms with E-state index in [9.17, 15) is 0 Å². The molecule has 0 aromatic heterocycles. The van der Waals surface area contributed by atoms with Gasteiger partial charge in [-0.15, -0.1) is 0 Å². The van der Waals surface area contributed by atoms with Gasteiger partial charge >= 0.3 is 0 Å². The second-order valence-electron chi connectivity index (χ2n) is 6.06. The molecule has 1 heterocycles. The van der Waals surface area contributed by atoms with Crippen LogP contribution in [0.5, 0.6) is 0 Å². The molecular weight excluding hydrogens is 236 g/mol. The van der Waals surface area contributed by atoms with Gasteiger partial charge in [-0.3, -0.25) is 0 Å². The van der Waals surface area contributed by atoms with Crippen LogP contribution in [0, 0.1) is 0 Å². The zero-order chi connectivity index (χ0) is 13.8. The van der Waals surface area contributed by atoms with E-state index in [1.54, 1.807) is 0 Å². The van der Waals surface area contributed by atoms with Crippen LogP contribution in [0.25, 0.3) is 0 Å². The van der Waals surface area contributed by atoms with Crippen LogP contribution in [0.1, 0.15) is 84.5 Å². The molecule has 0 saturated carbocycles. The van der Waals surface area contributed by atoms with Crippen LogP contribution in [-0.2, 0) is 9.47 Å². The molecule has 0 spiro atoms. The number of hydrogen-bond donors (Lipinski definition) is 0. The van der Waals surface area contributed by atoms with Crippen LogP contribution in [0.2, 0.25) is 0 Å². The Hall–Kier alpha value is -0.0800. The second kappa shape index (κ2) is 10.7. The minimum Gasteiger partial charge on any atom is -0.378 e. The minimum absolute atomic E-state index is 0.110. The summed E-state index contributed by atoms with van der Waals surface area (Å²) >= 11 is 0. The lowest BCUT2D eigenvalue weighted by Crippen LogP contribution is -2.18. The number of ether oxygens (including phenoxy) is 2. The molecular formula is C17H34O2. The van der Waals surface area contributed by atoms with Crippen molar-refractivity contribution in [2.24, 2.45) is 0 Å². The lowest BCUT2D eigenvalue weighted by atomic mass is 10.1. The molecule has 1 fully saturated rings. The van der Waals surface area contributed by atoms with Crippen LogP contribution in [-0.4, -0.2) is 25.4 Å². The molecule has 0 aromatic rings. The molecule has 2 heteroatoms. The molecule has 0 amide bonds. The largest absolute Gasteiger partial charge is 0.378 e. The fourth-order valence-corrected chi connectivity index (χ4v) is 2.44. The van der Waals surface area contributed by atoms with Crippen molar-refractivity contribution in [1.29, 1.82) is 0 Å². The number of unbranched alkanes of at least 4 members (excludes halogenated alkanes) is 9. The summed E-state index contributed by atoms with van der Waals surface area (Å²) in [5, 5.41) is 0. The molecule has 0 radical (unpaired) electrons. The normalized spacial score (nSPS) is 21.8. The van der Waals surface area contributed by atoms with Crippen molar-refractivity contribution in [3.8, 4) is 0 Å². The number of epoxide rings is 1. The van der Waals surface area contributed by atoms with Gasteiger partial charge in [0.25, 0.3) is 0 Å². The Morgan fingerprint density at radius 1 is 0.842 bits per heavy atom. The van der Waals surface area contributed by atoms with Gasteiger partial charge in [-0.1, -0.05) is 71.6 Å². The Morgan fingerprint density at radius 3 is 1.84 bits per heavy atom. The van der Waals surface area contributed by atoms with Crippen molar-refractivity contribution < 1.29 is 9.47 Å². The summed E-state index contributed by atoms with van der Waals surface area (Å²) < 4.78 is 11.1. The van der Waals surface area contributed by atoms with Gasteiger partial charge < -0.3 is 9.47 Å². The lowest BCUT2D eigenvalue weighted by molar-refractivity contribution is 0.0742. The first-order chi connectivity index (χ1) is 9.33. The summed E-state index contributed by atoms with van der Waals surface area (Å²) in [5.74, 6) is 0. The number of hydrogen-bond acceptors (Lipinski definition) is 2.